The summed E-state index contributed by atoms with van der Waals surface area (Å²) in [6, 6.07) is 2.71. The van der Waals surface area contributed by atoms with Gasteiger partial charge in [-0.1, -0.05) is 0 Å². The van der Waals surface area contributed by atoms with Crippen LogP contribution >= 0.6 is 11.3 Å². The van der Waals surface area contributed by atoms with Crippen LogP contribution in [0.5, 0.6) is 0 Å². The third-order valence-corrected chi connectivity index (χ3v) is 4.51. The normalized spacial score (nSPS) is 21.4. The molecule has 0 saturated carbocycles. The molecule has 1 aliphatic heterocycles. The van der Waals surface area contributed by atoms with E-state index in [1.807, 2.05) is 0 Å². The van der Waals surface area contributed by atoms with E-state index in [0.717, 1.165) is 26.2 Å². The molecule has 2 atom stereocenters. The Kier molecular flexibility index (Phi) is 5.78. The first kappa shape index (κ1) is 14.9. The second kappa shape index (κ2) is 7.36. The van der Waals surface area contributed by atoms with Crippen molar-refractivity contribution in [2.75, 3.05) is 46.4 Å². The van der Waals surface area contributed by atoms with Gasteiger partial charge in [0, 0.05) is 45.9 Å². The molecule has 1 fully saturated rings. The summed E-state index contributed by atoms with van der Waals surface area (Å²) < 4.78 is 4.97. The molecule has 1 saturated heterocycles. The molecule has 4 nitrogen and oxygen atoms in total. The van der Waals surface area contributed by atoms with Gasteiger partial charge in [0.1, 0.15) is 0 Å². The molecular weight excluding hydrogens is 260 g/mol. The van der Waals surface area contributed by atoms with Crippen LogP contribution in [0.4, 0.5) is 0 Å². The maximum atomic E-state index is 9.75. The molecule has 0 spiro atoms. The number of aliphatic hydroxyl groups is 1. The van der Waals surface area contributed by atoms with E-state index in [-0.39, 0.29) is 6.10 Å². The van der Waals surface area contributed by atoms with E-state index in [0.29, 0.717) is 19.2 Å². The van der Waals surface area contributed by atoms with Crippen molar-refractivity contribution in [3.05, 3.63) is 22.4 Å². The minimum Gasteiger partial charge on any atom is -0.389 e. The van der Waals surface area contributed by atoms with Crippen LogP contribution in [0.25, 0.3) is 0 Å². The highest BCUT2D eigenvalue weighted by Gasteiger charge is 2.23. The van der Waals surface area contributed by atoms with Crippen LogP contribution in [-0.4, -0.2) is 67.5 Å². The molecule has 2 heterocycles. The van der Waals surface area contributed by atoms with Crippen LogP contribution < -0.4 is 0 Å². The van der Waals surface area contributed by atoms with E-state index in [2.05, 4.69) is 33.6 Å². The van der Waals surface area contributed by atoms with Crippen molar-refractivity contribution in [2.45, 2.75) is 19.1 Å². The SMILES string of the molecule is COC[C@H](O)CN1CCN([C@H](C)c2ccsc2)CC1. The van der Waals surface area contributed by atoms with Gasteiger partial charge in [-0.2, -0.15) is 11.3 Å². The monoisotopic (exact) mass is 284 g/mol. The van der Waals surface area contributed by atoms with Gasteiger partial charge in [0.2, 0.25) is 0 Å². The predicted octanol–water partition coefficient (Wildman–Crippen LogP) is 1.43. The van der Waals surface area contributed by atoms with E-state index in [9.17, 15) is 5.11 Å². The standard InChI is InChI=1S/C14H24N2O2S/c1-12(13-3-8-19-11-13)16-6-4-15(5-7-16)9-14(17)10-18-2/h3,8,11-12,14,17H,4-7,9-10H2,1-2H3/t12-,14-/m1/s1. The van der Waals surface area contributed by atoms with E-state index in [1.54, 1.807) is 18.4 Å². The molecule has 0 aliphatic carbocycles. The van der Waals surface area contributed by atoms with Gasteiger partial charge in [-0.3, -0.25) is 9.80 Å². The van der Waals surface area contributed by atoms with Gasteiger partial charge in [-0.05, 0) is 29.3 Å². The highest BCUT2D eigenvalue weighted by atomic mass is 32.1. The molecule has 19 heavy (non-hydrogen) atoms. The van der Waals surface area contributed by atoms with Crippen LogP contribution in [0, 0.1) is 0 Å². The molecule has 0 radical (unpaired) electrons. The number of hydrogen-bond acceptors (Lipinski definition) is 5. The summed E-state index contributed by atoms with van der Waals surface area (Å²) in [5, 5.41) is 14.1. The van der Waals surface area contributed by atoms with Gasteiger partial charge in [0.05, 0.1) is 12.7 Å². The number of nitrogens with zero attached hydrogens (tertiary/aromatic N) is 2. The third-order valence-electron chi connectivity index (χ3n) is 3.81. The van der Waals surface area contributed by atoms with Crippen LogP contribution in [0.2, 0.25) is 0 Å². The zero-order valence-electron chi connectivity index (χ0n) is 11.8. The molecule has 0 bridgehead atoms. The summed E-state index contributed by atoms with van der Waals surface area (Å²) in [5.41, 5.74) is 1.41. The summed E-state index contributed by atoms with van der Waals surface area (Å²) in [5.74, 6) is 0. The maximum Gasteiger partial charge on any atom is 0.0900 e. The maximum absolute atomic E-state index is 9.75. The molecular formula is C14H24N2O2S. The molecule has 0 unspecified atom stereocenters. The average molecular weight is 284 g/mol. The average Bonchev–Trinajstić information content (AvgIpc) is 2.93. The van der Waals surface area contributed by atoms with E-state index in [4.69, 9.17) is 4.74 Å². The van der Waals surface area contributed by atoms with Gasteiger partial charge < -0.3 is 9.84 Å². The van der Waals surface area contributed by atoms with Crippen LogP contribution in [0.15, 0.2) is 16.8 Å². The summed E-state index contributed by atoms with van der Waals surface area (Å²) in [6.07, 6.45) is -0.370. The van der Waals surface area contributed by atoms with E-state index < -0.39 is 0 Å². The van der Waals surface area contributed by atoms with Crippen molar-refractivity contribution in [3.8, 4) is 0 Å². The van der Waals surface area contributed by atoms with Crippen LogP contribution in [0.3, 0.4) is 0 Å². The van der Waals surface area contributed by atoms with Crippen molar-refractivity contribution >= 4 is 11.3 Å². The Bertz CT molecular complexity index is 350. The number of aliphatic hydroxyl groups excluding tert-OH is 1. The quantitative estimate of drug-likeness (QED) is 0.857. The topological polar surface area (TPSA) is 35.9 Å². The lowest BCUT2D eigenvalue weighted by Crippen LogP contribution is -2.49. The Balaban J connectivity index is 1.76. The lowest BCUT2D eigenvalue weighted by molar-refractivity contribution is 0.0190. The molecule has 1 N–H and O–H groups in total. The van der Waals surface area contributed by atoms with Gasteiger partial charge in [0.25, 0.3) is 0 Å². The molecule has 0 amide bonds. The Hall–Kier alpha value is -0.460. The second-order valence-electron chi connectivity index (χ2n) is 5.18. The van der Waals surface area contributed by atoms with Gasteiger partial charge in [-0.25, -0.2) is 0 Å². The fourth-order valence-corrected chi connectivity index (χ4v) is 3.35. The molecule has 5 heteroatoms. The van der Waals surface area contributed by atoms with Crippen LogP contribution in [0.1, 0.15) is 18.5 Å². The summed E-state index contributed by atoms with van der Waals surface area (Å²) in [4.78, 5) is 4.84. The third kappa shape index (κ3) is 4.26. The Morgan fingerprint density at radius 3 is 2.68 bits per heavy atom. The highest BCUT2D eigenvalue weighted by molar-refractivity contribution is 7.07. The predicted molar refractivity (Wildman–Crippen MR) is 78.6 cm³/mol. The van der Waals surface area contributed by atoms with Crippen molar-refractivity contribution in [2.24, 2.45) is 0 Å². The Morgan fingerprint density at radius 2 is 2.11 bits per heavy atom. The van der Waals surface area contributed by atoms with E-state index >= 15 is 0 Å². The van der Waals surface area contributed by atoms with E-state index in [1.165, 1.54) is 5.56 Å². The smallest absolute Gasteiger partial charge is 0.0900 e. The number of piperazine rings is 1. The number of hydrogen-bond donors (Lipinski definition) is 1. The molecule has 1 aromatic rings. The van der Waals surface area contributed by atoms with Crippen molar-refractivity contribution in [1.82, 2.24) is 9.80 Å². The molecule has 0 aromatic carbocycles. The zero-order chi connectivity index (χ0) is 13.7. The number of thiophene rings is 1. The zero-order valence-corrected chi connectivity index (χ0v) is 12.6. The summed E-state index contributed by atoms with van der Waals surface area (Å²) >= 11 is 1.76. The number of rotatable bonds is 6. The van der Waals surface area contributed by atoms with Crippen molar-refractivity contribution in [1.29, 1.82) is 0 Å². The first-order valence-electron chi connectivity index (χ1n) is 6.86. The lowest BCUT2D eigenvalue weighted by Gasteiger charge is -2.38. The highest BCUT2D eigenvalue weighted by Crippen LogP contribution is 2.23. The summed E-state index contributed by atoms with van der Waals surface area (Å²) in [6.45, 7) is 7.59. The molecule has 108 valence electrons. The fourth-order valence-electron chi connectivity index (χ4n) is 2.60. The fraction of sp³-hybridized carbons (Fsp3) is 0.714. The van der Waals surface area contributed by atoms with Crippen molar-refractivity contribution < 1.29 is 9.84 Å². The summed E-state index contributed by atoms with van der Waals surface area (Å²) in [7, 11) is 1.63. The number of β-amino-alcohol motifs (C(OH)–C–C–N with tert-alkyl or cyclic N) is 1. The van der Waals surface area contributed by atoms with Gasteiger partial charge in [-0.15, -0.1) is 0 Å². The number of methoxy groups -OCH3 is 1. The lowest BCUT2D eigenvalue weighted by atomic mass is 10.1. The molecule has 1 aromatic heterocycles. The first-order chi connectivity index (χ1) is 9.20. The molecule has 2 rings (SSSR count). The van der Waals surface area contributed by atoms with Gasteiger partial charge >= 0.3 is 0 Å². The molecule has 1 aliphatic rings. The van der Waals surface area contributed by atoms with Gasteiger partial charge in [0.15, 0.2) is 0 Å². The van der Waals surface area contributed by atoms with Crippen LogP contribution in [-0.2, 0) is 4.74 Å². The Morgan fingerprint density at radius 1 is 1.37 bits per heavy atom. The minimum atomic E-state index is -0.370. The minimum absolute atomic E-state index is 0.370. The first-order valence-corrected chi connectivity index (χ1v) is 7.80. The van der Waals surface area contributed by atoms with Crippen molar-refractivity contribution in [3.63, 3.8) is 0 Å². The number of ether oxygens (including phenoxy) is 1. The Labute approximate surface area is 119 Å². The second-order valence-corrected chi connectivity index (χ2v) is 5.96. The largest absolute Gasteiger partial charge is 0.389 e.